The number of hydrogen-bond acceptors (Lipinski definition) is 6. The molecule has 0 aliphatic carbocycles. The molecule has 234 valence electrons. The van der Waals surface area contributed by atoms with Gasteiger partial charge in [0.15, 0.2) is 0 Å². The summed E-state index contributed by atoms with van der Waals surface area (Å²) < 4.78 is 5.48. The summed E-state index contributed by atoms with van der Waals surface area (Å²) in [4.78, 5) is 42.5. The van der Waals surface area contributed by atoms with E-state index in [-0.39, 0.29) is 17.6 Å². The van der Waals surface area contributed by atoms with E-state index in [1.54, 1.807) is 62.6 Å². The van der Waals surface area contributed by atoms with E-state index in [2.05, 4.69) is 24.5 Å². The fourth-order valence-electron chi connectivity index (χ4n) is 4.58. The van der Waals surface area contributed by atoms with Gasteiger partial charge in [-0.1, -0.05) is 64.9 Å². The average Bonchev–Trinajstić information content (AvgIpc) is 2.90. The monoisotopic (exact) mass is 593 g/mol. The second-order valence-electron chi connectivity index (χ2n) is 11.7. The van der Waals surface area contributed by atoms with Crippen molar-refractivity contribution in [3.8, 4) is 5.75 Å². The molecule has 0 aliphatic rings. The predicted octanol–water partition coefficient (Wildman–Crippen LogP) is 6.88. The lowest BCUT2D eigenvalue weighted by Gasteiger charge is -2.35. The predicted molar refractivity (Wildman–Crippen MR) is 169 cm³/mol. The standard InChI is InChI=1S/C32H55N3O5S/c1-8-10-12-13-14-16-21-35(30(38)26(19-22-41-7)34-31(39)40-32(4,5)6)28(29(37)33-20-15-11-9-2)25-17-18-27(36)24(3)23-25/h17-18,23,26,28,36H,8-16,19-22H2,1-7H3,(H,33,37)(H,34,39). The number of aromatic hydroxyl groups is 1. The number of ether oxygens (including phenoxy) is 1. The average molecular weight is 594 g/mol. The van der Waals surface area contributed by atoms with Crippen LogP contribution in [0.4, 0.5) is 4.79 Å². The molecule has 2 unspecified atom stereocenters. The molecule has 0 heterocycles. The van der Waals surface area contributed by atoms with Gasteiger partial charge in [-0.25, -0.2) is 4.79 Å². The zero-order chi connectivity index (χ0) is 30.8. The molecule has 0 radical (unpaired) electrons. The van der Waals surface area contributed by atoms with Crippen molar-refractivity contribution >= 4 is 29.7 Å². The Kier molecular flexibility index (Phi) is 17.5. The summed E-state index contributed by atoms with van der Waals surface area (Å²) in [5, 5.41) is 16.0. The van der Waals surface area contributed by atoms with Crippen molar-refractivity contribution in [1.29, 1.82) is 0 Å². The van der Waals surface area contributed by atoms with Gasteiger partial charge in [-0.3, -0.25) is 9.59 Å². The summed E-state index contributed by atoms with van der Waals surface area (Å²) in [6.45, 7) is 12.3. The second kappa shape index (κ2) is 19.7. The lowest BCUT2D eigenvalue weighted by molar-refractivity contribution is -0.142. The number of phenols is 1. The van der Waals surface area contributed by atoms with Crippen LogP contribution < -0.4 is 10.6 Å². The lowest BCUT2D eigenvalue weighted by Crippen LogP contribution is -2.53. The Morgan fingerprint density at radius 3 is 2.24 bits per heavy atom. The van der Waals surface area contributed by atoms with Gasteiger partial charge in [0.25, 0.3) is 0 Å². The Morgan fingerprint density at radius 1 is 1.00 bits per heavy atom. The number of rotatable bonds is 19. The summed E-state index contributed by atoms with van der Waals surface area (Å²) >= 11 is 1.59. The summed E-state index contributed by atoms with van der Waals surface area (Å²) in [5.41, 5.74) is 0.553. The van der Waals surface area contributed by atoms with Crippen LogP contribution in [-0.4, -0.2) is 64.7 Å². The van der Waals surface area contributed by atoms with Crippen molar-refractivity contribution in [3.63, 3.8) is 0 Å². The fraction of sp³-hybridized carbons (Fsp3) is 0.719. The molecule has 0 fully saturated rings. The largest absolute Gasteiger partial charge is 0.508 e. The number of thioether (sulfide) groups is 1. The molecule has 0 spiro atoms. The van der Waals surface area contributed by atoms with E-state index < -0.39 is 23.8 Å². The number of amides is 3. The number of aryl methyl sites for hydroxylation is 1. The molecule has 1 aromatic rings. The third-order valence-corrected chi connectivity index (χ3v) is 7.46. The minimum Gasteiger partial charge on any atom is -0.508 e. The van der Waals surface area contributed by atoms with E-state index in [9.17, 15) is 19.5 Å². The van der Waals surface area contributed by atoms with Crippen molar-refractivity contribution in [1.82, 2.24) is 15.5 Å². The summed E-state index contributed by atoms with van der Waals surface area (Å²) in [6, 6.07) is 3.31. The van der Waals surface area contributed by atoms with Gasteiger partial charge in [0.05, 0.1) is 0 Å². The van der Waals surface area contributed by atoms with Gasteiger partial charge in [-0.15, -0.1) is 0 Å². The minimum atomic E-state index is -0.892. The minimum absolute atomic E-state index is 0.133. The van der Waals surface area contributed by atoms with Crippen LogP contribution in [0.15, 0.2) is 18.2 Å². The molecule has 41 heavy (non-hydrogen) atoms. The van der Waals surface area contributed by atoms with Crippen molar-refractivity contribution in [3.05, 3.63) is 29.3 Å². The van der Waals surface area contributed by atoms with Gasteiger partial charge in [0.2, 0.25) is 11.8 Å². The number of unbranched alkanes of at least 4 members (excludes halogenated alkanes) is 7. The molecule has 0 saturated heterocycles. The van der Waals surface area contributed by atoms with Crippen LogP contribution in [0.2, 0.25) is 0 Å². The first-order chi connectivity index (χ1) is 19.4. The molecule has 0 aliphatic heterocycles. The maximum Gasteiger partial charge on any atom is 0.408 e. The number of phenolic OH excluding ortho intramolecular Hbond substituents is 1. The van der Waals surface area contributed by atoms with Crippen molar-refractivity contribution in [2.75, 3.05) is 25.1 Å². The Hall–Kier alpha value is -2.42. The van der Waals surface area contributed by atoms with Gasteiger partial charge in [0.1, 0.15) is 23.4 Å². The Balaban J connectivity index is 3.43. The topological polar surface area (TPSA) is 108 Å². The second-order valence-corrected chi connectivity index (χ2v) is 12.7. The summed E-state index contributed by atoms with van der Waals surface area (Å²) in [6.07, 6.45) is 10.8. The van der Waals surface area contributed by atoms with Gasteiger partial charge in [0, 0.05) is 13.1 Å². The van der Waals surface area contributed by atoms with Gasteiger partial charge >= 0.3 is 6.09 Å². The van der Waals surface area contributed by atoms with E-state index in [4.69, 9.17) is 4.74 Å². The number of hydrogen-bond donors (Lipinski definition) is 3. The molecule has 2 atom stereocenters. The Morgan fingerprint density at radius 2 is 1.63 bits per heavy atom. The van der Waals surface area contributed by atoms with Crippen LogP contribution in [-0.2, 0) is 14.3 Å². The maximum atomic E-state index is 14.3. The molecule has 1 rings (SSSR count). The van der Waals surface area contributed by atoms with Crippen molar-refractivity contribution in [2.24, 2.45) is 0 Å². The molecule has 8 nitrogen and oxygen atoms in total. The molecule has 3 N–H and O–H groups in total. The SMILES string of the molecule is CCCCCCCCN(C(=O)C(CCSC)NC(=O)OC(C)(C)C)C(C(=O)NCCCCC)c1ccc(O)c(C)c1. The van der Waals surface area contributed by atoms with E-state index >= 15 is 0 Å². The molecule has 0 saturated carbocycles. The maximum absolute atomic E-state index is 14.3. The first-order valence-electron chi connectivity index (χ1n) is 15.3. The lowest BCUT2D eigenvalue weighted by atomic mass is 9.99. The van der Waals surface area contributed by atoms with E-state index in [0.717, 1.165) is 51.4 Å². The Bertz CT molecular complexity index is 934. The highest BCUT2D eigenvalue weighted by molar-refractivity contribution is 7.98. The highest BCUT2D eigenvalue weighted by atomic mass is 32.2. The van der Waals surface area contributed by atoms with E-state index in [1.165, 1.54) is 6.42 Å². The molecule has 3 amide bonds. The zero-order valence-electron chi connectivity index (χ0n) is 26.5. The highest BCUT2D eigenvalue weighted by Gasteiger charge is 2.36. The van der Waals surface area contributed by atoms with Crippen LogP contribution in [0.5, 0.6) is 5.75 Å². The molecule has 0 bridgehead atoms. The van der Waals surface area contributed by atoms with Crippen molar-refractivity contribution in [2.45, 2.75) is 123 Å². The fourth-order valence-corrected chi connectivity index (χ4v) is 5.05. The number of carbonyl (C=O) groups excluding carboxylic acids is 3. The first-order valence-corrected chi connectivity index (χ1v) is 16.7. The van der Waals surface area contributed by atoms with Gasteiger partial charge < -0.3 is 25.4 Å². The van der Waals surface area contributed by atoms with Crippen LogP contribution >= 0.6 is 11.8 Å². The van der Waals surface area contributed by atoms with Gasteiger partial charge in [-0.2, -0.15) is 11.8 Å². The van der Waals surface area contributed by atoms with E-state index in [1.807, 2.05) is 6.26 Å². The number of benzene rings is 1. The van der Waals surface area contributed by atoms with Crippen LogP contribution in [0, 0.1) is 6.92 Å². The molecular weight excluding hydrogens is 538 g/mol. The van der Waals surface area contributed by atoms with Crippen LogP contribution in [0.3, 0.4) is 0 Å². The van der Waals surface area contributed by atoms with E-state index in [0.29, 0.717) is 36.4 Å². The third kappa shape index (κ3) is 14.3. The smallest absolute Gasteiger partial charge is 0.408 e. The first kappa shape index (κ1) is 36.6. The quantitative estimate of drug-likeness (QED) is 0.151. The normalized spacial score (nSPS) is 12.9. The molecule has 1 aromatic carbocycles. The molecular formula is C32H55N3O5S. The highest BCUT2D eigenvalue weighted by Crippen LogP contribution is 2.28. The van der Waals surface area contributed by atoms with Gasteiger partial charge in [-0.05, 0) is 82.2 Å². The summed E-state index contributed by atoms with van der Waals surface area (Å²) in [5.74, 6) is 0.224. The zero-order valence-corrected chi connectivity index (χ0v) is 27.3. The van der Waals surface area contributed by atoms with Crippen LogP contribution in [0.1, 0.15) is 116 Å². The number of carbonyl (C=O) groups is 3. The Labute approximate surface area is 252 Å². The van der Waals surface area contributed by atoms with Crippen LogP contribution in [0.25, 0.3) is 0 Å². The molecule has 0 aromatic heterocycles. The number of alkyl carbamates (subject to hydrolysis) is 1. The van der Waals surface area contributed by atoms with Crippen molar-refractivity contribution < 1.29 is 24.2 Å². The molecule has 9 heteroatoms. The third-order valence-electron chi connectivity index (χ3n) is 6.81. The summed E-state index contributed by atoms with van der Waals surface area (Å²) in [7, 11) is 0. The number of nitrogens with one attached hydrogen (secondary N) is 2. The number of nitrogens with zero attached hydrogens (tertiary/aromatic N) is 1.